The maximum absolute atomic E-state index is 12.3. The Morgan fingerprint density at radius 3 is 2.81 bits per heavy atom. The van der Waals surface area contributed by atoms with Gasteiger partial charge in [-0.3, -0.25) is 15.6 Å². The number of benzene rings is 1. The minimum absolute atomic E-state index is 0.175. The second kappa shape index (κ2) is 10.7. The van der Waals surface area contributed by atoms with Gasteiger partial charge in [-0.15, -0.1) is 12.6 Å². The van der Waals surface area contributed by atoms with Crippen molar-refractivity contribution >= 4 is 41.6 Å². The number of carbonyl (C=O) groups is 1. The molecule has 1 unspecified atom stereocenters. The number of rotatable bonds is 5. The maximum atomic E-state index is 12.3. The molecule has 1 atom stereocenters. The van der Waals surface area contributed by atoms with Crippen LogP contribution in [0.2, 0.25) is 0 Å². The molecule has 1 amide bonds. The average Bonchev–Trinajstić information content (AvgIpc) is 3.47. The van der Waals surface area contributed by atoms with Gasteiger partial charge in [-0.25, -0.2) is 0 Å². The molecule has 3 aromatic rings. The van der Waals surface area contributed by atoms with Crippen LogP contribution in [0.15, 0.2) is 53.7 Å². The van der Waals surface area contributed by atoms with Crippen molar-refractivity contribution in [1.82, 2.24) is 19.4 Å². The topological polar surface area (TPSA) is 142 Å². The van der Waals surface area contributed by atoms with Gasteiger partial charge in [-0.05, 0) is 36.8 Å². The average molecular weight is 451 g/mol. The van der Waals surface area contributed by atoms with Crippen LogP contribution in [-0.2, 0) is 11.3 Å². The van der Waals surface area contributed by atoms with Gasteiger partial charge in [0, 0.05) is 47.8 Å². The van der Waals surface area contributed by atoms with Crippen LogP contribution >= 0.6 is 12.6 Å². The summed E-state index contributed by atoms with van der Waals surface area (Å²) in [5, 5.41) is 25.1. The summed E-state index contributed by atoms with van der Waals surface area (Å²) in [6, 6.07) is 13.0. The normalized spacial score (nSPS) is 14.5. The van der Waals surface area contributed by atoms with E-state index in [-0.39, 0.29) is 18.3 Å². The molecule has 9 nitrogen and oxygen atoms in total. The summed E-state index contributed by atoms with van der Waals surface area (Å²) in [5.74, 6) is 0.0269. The van der Waals surface area contributed by atoms with Crippen LogP contribution in [0.4, 0.5) is 0 Å². The fraction of sp³-hybridized carbons (Fsp3) is 0.273. The van der Waals surface area contributed by atoms with Crippen molar-refractivity contribution in [3.63, 3.8) is 0 Å². The molecule has 0 spiro atoms. The van der Waals surface area contributed by atoms with E-state index in [9.17, 15) is 4.79 Å². The van der Waals surface area contributed by atoms with Gasteiger partial charge in [0.15, 0.2) is 0 Å². The molecule has 166 valence electrons. The molecule has 1 fully saturated rings. The molecular weight excluding hydrogens is 424 g/mol. The smallest absolute Gasteiger partial charge is 0.240 e. The van der Waals surface area contributed by atoms with Crippen molar-refractivity contribution < 1.29 is 4.79 Å². The highest BCUT2D eigenvalue weighted by molar-refractivity contribution is 7.80. The summed E-state index contributed by atoms with van der Waals surface area (Å²) in [5.41, 5.74) is 7.64. The van der Waals surface area contributed by atoms with Crippen LogP contribution in [0.5, 0.6) is 0 Å². The van der Waals surface area contributed by atoms with Gasteiger partial charge in [0.2, 0.25) is 5.91 Å². The monoisotopic (exact) mass is 450 g/mol. The van der Waals surface area contributed by atoms with Crippen molar-refractivity contribution in [2.45, 2.75) is 23.9 Å². The van der Waals surface area contributed by atoms with Crippen LogP contribution < -0.4 is 5.73 Å². The molecule has 0 radical (unpaired) electrons. The number of aromatic nitrogens is 2. The Labute approximate surface area is 191 Å². The number of amidine groups is 1. The van der Waals surface area contributed by atoms with Crippen LogP contribution in [0, 0.1) is 22.1 Å². The van der Waals surface area contributed by atoms with Gasteiger partial charge < -0.3 is 25.1 Å². The highest BCUT2D eigenvalue weighted by Crippen LogP contribution is 2.19. The van der Waals surface area contributed by atoms with Crippen molar-refractivity contribution in [2.24, 2.45) is 5.73 Å². The Kier molecular flexibility index (Phi) is 7.70. The standard InChI is InChI=1S/C14H19N7O.C8H7NS/c15-8-11-2-1-4-19(11)5-3-12(17)14(22)20-6-7-21(10-16)13(18)9-20;10-8-3-1-2-7-6(8)4-5-9-7/h1-2,4,10,12,16,18H,3,5-7,9,17H2;1-5,9-10H. The number of amides is 1. The Morgan fingerprint density at radius 2 is 2.12 bits per heavy atom. The maximum Gasteiger partial charge on any atom is 0.240 e. The third-order valence-electron chi connectivity index (χ3n) is 5.28. The molecule has 5 N–H and O–H groups in total. The first-order chi connectivity index (χ1) is 15.4. The number of thiol groups is 1. The van der Waals surface area contributed by atoms with E-state index in [4.69, 9.17) is 21.8 Å². The summed E-state index contributed by atoms with van der Waals surface area (Å²) in [6.07, 6.45) is 5.23. The number of carbonyl (C=O) groups excluding carboxylic acids is 1. The van der Waals surface area contributed by atoms with Gasteiger partial charge in [-0.1, -0.05) is 6.07 Å². The lowest BCUT2D eigenvalue weighted by Gasteiger charge is -2.35. The third-order valence-corrected chi connectivity index (χ3v) is 5.67. The van der Waals surface area contributed by atoms with Gasteiger partial charge in [-0.2, -0.15) is 5.26 Å². The molecule has 1 aromatic carbocycles. The second-order valence-electron chi connectivity index (χ2n) is 7.34. The molecule has 1 aliphatic heterocycles. The van der Waals surface area contributed by atoms with Gasteiger partial charge in [0.1, 0.15) is 17.6 Å². The number of hydrogen-bond donors (Lipinski definition) is 5. The molecule has 10 heteroatoms. The number of nitrogens with one attached hydrogen (secondary N) is 3. The van der Waals surface area contributed by atoms with Crippen molar-refractivity contribution in [2.75, 3.05) is 19.6 Å². The SMILES string of the molecule is N#Cc1cccn1CCC(N)C(=O)N1CCN(C=N)C(=N)C1.Sc1cccc2[nH]ccc12. The van der Waals surface area contributed by atoms with Crippen molar-refractivity contribution in [3.8, 4) is 6.07 Å². The zero-order valence-corrected chi connectivity index (χ0v) is 18.4. The summed E-state index contributed by atoms with van der Waals surface area (Å²) < 4.78 is 1.77. The number of hydrogen-bond acceptors (Lipinski definition) is 6. The molecule has 3 heterocycles. The molecule has 2 aromatic heterocycles. The number of aromatic amines is 1. The molecule has 1 saturated heterocycles. The lowest BCUT2D eigenvalue weighted by Crippen LogP contribution is -2.55. The Balaban J connectivity index is 0.000000238. The molecule has 1 aliphatic rings. The van der Waals surface area contributed by atoms with Crippen molar-refractivity contribution in [3.05, 3.63) is 54.5 Å². The third kappa shape index (κ3) is 5.38. The van der Waals surface area contributed by atoms with Gasteiger partial charge >= 0.3 is 0 Å². The fourth-order valence-corrected chi connectivity index (χ4v) is 3.74. The first-order valence-corrected chi connectivity index (χ1v) is 10.6. The summed E-state index contributed by atoms with van der Waals surface area (Å²) in [6.45, 7) is 1.57. The van der Waals surface area contributed by atoms with Crippen LogP contribution in [0.25, 0.3) is 10.9 Å². The molecule has 0 bridgehead atoms. The fourth-order valence-electron chi connectivity index (χ4n) is 3.46. The van der Waals surface area contributed by atoms with E-state index in [1.165, 1.54) is 10.3 Å². The van der Waals surface area contributed by atoms with E-state index in [1.54, 1.807) is 27.8 Å². The van der Waals surface area contributed by atoms with E-state index >= 15 is 0 Å². The van der Waals surface area contributed by atoms with Gasteiger partial charge in [0.25, 0.3) is 0 Å². The van der Waals surface area contributed by atoms with E-state index in [0.29, 0.717) is 31.7 Å². The highest BCUT2D eigenvalue weighted by Gasteiger charge is 2.27. The molecule has 0 aliphatic carbocycles. The van der Waals surface area contributed by atoms with E-state index < -0.39 is 6.04 Å². The molecule has 4 rings (SSSR count). The summed E-state index contributed by atoms with van der Waals surface area (Å²) in [4.78, 5) is 19.5. The van der Waals surface area contributed by atoms with Gasteiger partial charge in [0.05, 0.1) is 18.9 Å². The quantitative estimate of drug-likeness (QED) is 0.231. The van der Waals surface area contributed by atoms with Crippen LogP contribution in [0.3, 0.4) is 0 Å². The number of nitriles is 1. The minimum Gasteiger partial charge on any atom is -0.361 e. The first kappa shape index (κ1) is 23.1. The summed E-state index contributed by atoms with van der Waals surface area (Å²) in [7, 11) is 0. The lowest BCUT2D eigenvalue weighted by molar-refractivity contribution is -0.132. The van der Waals surface area contributed by atoms with Crippen molar-refractivity contribution in [1.29, 1.82) is 16.1 Å². The van der Waals surface area contributed by atoms with E-state index in [0.717, 1.165) is 16.8 Å². The number of H-pyrrole nitrogens is 1. The number of nitrogens with zero attached hydrogens (tertiary/aromatic N) is 4. The highest BCUT2D eigenvalue weighted by atomic mass is 32.1. The second-order valence-corrected chi connectivity index (χ2v) is 7.82. The zero-order chi connectivity index (χ0) is 23.1. The van der Waals surface area contributed by atoms with Crippen LogP contribution in [-0.4, -0.2) is 63.1 Å². The van der Waals surface area contributed by atoms with E-state index in [2.05, 4.69) is 23.7 Å². The molecule has 0 saturated carbocycles. The predicted octanol–water partition coefficient (Wildman–Crippen LogP) is 2.26. The molecule has 32 heavy (non-hydrogen) atoms. The minimum atomic E-state index is -0.659. The number of piperazine rings is 1. The predicted molar refractivity (Wildman–Crippen MR) is 127 cm³/mol. The lowest BCUT2D eigenvalue weighted by atomic mass is 10.1. The molecular formula is C22H26N8OS. The first-order valence-electron chi connectivity index (χ1n) is 10.1. The number of nitrogens with two attached hydrogens (primary N) is 1. The Bertz CT molecular complexity index is 1140. The Morgan fingerprint density at radius 1 is 1.31 bits per heavy atom. The Hall–Kier alpha value is -3.55. The number of fused-ring (bicyclic) bond motifs is 1. The summed E-state index contributed by atoms with van der Waals surface area (Å²) >= 11 is 4.30. The van der Waals surface area contributed by atoms with Crippen LogP contribution in [0.1, 0.15) is 12.1 Å². The largest absolute Gasteiger partial charge is 0.361 e. The van der Waals surface area contributed by atoms with E-state index in [1.807, 2.05) is 30.5 Å². The zero-order valence-electron chi connectivity index (χ0n) is 17.5. The number of aryl methyl sites for hydroxylation is 1.